The largest absolute Gasteiger partial charge is 0.467 e. The van der Waals surface area contributed by atoms with Gasteiger partial charge in [0.05, 0.1) is 17.7 Å². The number of hydrogen-bond acceptors (Lipinski definition) is 5. The number of hydrogen-bond donors (Lipinski definition) is 1. The molecule has 0 fully saturated rings. The Morgan fingerprint density at radius 3 is 2.62 bits per heavy atom. The fourth-order valence-corrected chi connectivity index (χ4v) is 2.80. The van der Waals surface area contributed by atoms with Crippen LogP contribution in [0.1, 0.15) is 5.76 Å². The van der Waals surface area contributed by atoms with E-state index in [1.807, 2.05) is 0 Å². The van der Waals surface area contributed by atoms with Crippen LogP contribution >= 0.6 is 11.6 Å². The Kier molecular flexibility index (Phi) is 4.68. The highest BCUT2D eigenvalue weighted by molar-refractivity contribution is 7.95. The molecule has 108 valence electrons. The van der Waals surface area contributed by atoms with Crippen LogP contribution in [0, 0.1) is 11.3 Å². The number of nitrogens with zero attached hydrogens (tertiary/aromatic N) is 1. The van der Waals surface area contributed by atoms with Crippen LogP contribution in [-0.2, 0) is 16.4 Å². The lowest BCUT2D eigenvalue weighted by Crippen LogP contribution is -2.10. The minimum absolute atomic E-state index is 0.0134. The van der Waals surface area contributed by atoms with E-state index in [0.29, 0.717) is 10.8 Å². The summed E-state index contributed by atoms with van der Waals surface area (Å²) in [5, 5.41) is 12.2. The Labute approximate surface area is 127 Å². The summed E-state index contributed by atoms with van der Waals surface area (Å²) in [7, 11) is -3.86. The van der Waals surface area contributed by atoms with Crippen LogP contribution < -0.4 is 5.32 Å². The van der Waals surface area contributed by atoms with Gasteiger partial charge in [0.2, 0.25) is 9.84 Å². The molecule has 5 nitrogen and oxygen atoms in total. The normalized spacial score (nSPS) is 11.9. The molecule has 1 aromatic heterocycles. The molecule has 0 bridgehead atoms. The van der Waals surface area contributed by atoms with E-state index >= 15 is 0 Å². The summed E-state index contributed by atoms with van der Waals surface area (Å²) in [6.07, 6.45) is 2.67. The van der Waals surface area contributed by atoms with Gasteiger partial charge in [-0.2, -0.15) is 5.26 Å². The molecule has 0 radical (unpaired) electrons. The van der Waals surface area contributed by atoms with Crippen LogP contribution in [0.3, 0.4) is 0 Å². The zero-order valence-corrected chi connectivity index (χ0v) is 12.4. The molecule has 0 saturated carbocycles. The van der Waals surface area contributed by atoms with Gasteiger partial charge < -0.3 is 9.73 Å². The van der Waals surface area contributed by atoms with Crippen LogP contribution in [0.15, 0.2) is 63.1 Å². The van der Waals surface area contributed by atoms with Crippen molar-refractivity contribution in [3.05, 3.63) is 64.5 Å². The Morgan fingerprint density at radius 2 is 2.05 bits per heavy atom. The zero-order valence-electron chi connectivity index (χ0n) is 10.8. The molecule has 0 aliphatic rings. The highest BCUT2D eigenvalue weighted by atomic mass is 35.5. The Bertz CT molecular complexity index is 773. The molecular weight excluding hydrogens is 312 g/mol. The molecule has 0 unspecified atom stereocenters. The van der Waals surface area contributed by atoms with Gasteiger partial charge in [0.25, 0.3) is 0 Å². The van der Waals surface area contributed by atoms with Crippen LogP contribution in [0.5, 0.6) is 0 Å². The van der Waals surface area contributed by atoms with E-state index in [9.17, 15) is 8.42 Å². The predicted molar refractivity (Wildman–Crippen MR) is 77.9 cm³/mol. The van der Waals surface area contributed by atoms with Crippen molar-refractivity contribution in [2.75, 3.05) is 0 Å². The van der Waals surface area contributed by atoms with Gasteiger partial charge in [0.1, 0.15) is 11.8 Å². The minimum Gasteiger partial charge on any atom is -0.467 e. The molecule has 0 aliphatic heterocycles. The van der Waals surface area contributed by atoms with E-state index in [-0.39, 0.29) is 16.3 Å². The van der Waals surface area contributed by atoms with Crippen molar-refractivity contribution >= 4 is 21.4 Å². The molecule has 21 heavy (non-hydrogen) atoms. The standard InChI is InChI=1S/C14H11ClN2O3S/c15-11-3-5-13(6-4-11)21(18,19)14(8-16)10-17-9-12-2-1-7-20-12/h1-7,10,17H,9H2/b14-10+. The van der Waals surface area contributed by atoms with Gasteiger partial charge in [0.15, 0.2) is 4.91 Å². The summed E-state index contributed by atoms with van der Waals surface area (Å²) < 4.78 is 29.6. The Balaban J connectivity index is 2.19. The molecule has 1 aromatic carbocycles. The lowest BCUT2D eigenvalue weighted by molar-refractivity contribution is 0.499. The fraction of sp³-hybridized carbons (Fsp3) is 0.0714. The molecule has 2 rings (SSSR count). The molecule has 0 saturated heterocycles. The zero-order chi connectivity index (χ0) is 15.3. The van der Waals surface area contributed by atoms with Crippen molar-refractivity contribution in [2.45, 2.75) is 11.4 Å². The van der Waals surface area contributed by atoms with E-state index in [1.54, 1.807) is 18.2 Å². The highest BCUT2D eigenvalue weighted by Gasteiger charge is 2.20. The van der Waals surface area contributed by atoms with Gasteiger partial charge in [0, 0.05) is 11.2 Å². The fourth-order valence-electron chi connectivity index (χ4n) is 1.57. The monoisotopic (exact) mass is 322 g/mol. The number of furan rings is 1. The van der Waals surface area contributed by atoms with Gasteiger partial charge >= 0.3 is 0 Å². The van der Waals surface area contributed by atoms with Gasteiger partial charge in [-0.15, -0.1) is 0 Å². The third kappa shape index (κ3) is 3.66. The number of nitriles is 1. The van der Waals surface area contributed by atoms with Crippen molar-refractivity contribution < 1.29 is 12.8 Å². The van der Waals surface area contributed by atoms with Gasteiger partial charge in [-0.3, -0.25) is 0 Å². The van der Waals surface area contributed by atoms with Crippen LogP contribution in [0.2, 0.25) is 5.02 Å². The van der Waals surface area contributed by atoms with Crippen LogP contribution in [0.4, 0.5) is 0 Å². The summed E-state index contributed by atoms with van der Waals surface area (Å²) >= 11 is 5.72. The molecule has 2 aromatic rings. The SMILES string of the molecule is N#C/C(=C\NCc1ccco1)S(=O)(=O)c1ccc(Cl)cc1. The molecule has 0 atom stereocenters. The van der Waals surface area contributed by atoms with E-state index < -0.39 is 9.84 Å². The second kappa shape index (κ2) is 6.48. The number of benzene rings is 1. The quantitative estimate of drug-likeness (QED) is 0.856. The third-order valence-electron chi connectivity index (χ3n) is 2.61. The predicted octanol–water partition coefficient (Wildman–Crippen LogP) is 2.86. The maximum absolute atomic E-state index is 12.3. The second-order valence-electron chi connectivity index (χ2n) is 4.04. The van der Waals surface area contributed by atoms with E-state index in [2.05, 4.69) is 5.32 Å². The van der Waals surface area contributed by atoms with Gasteiger partial charge in [-0.1, -0.05) is 11.6 Å². The number of rotatable bonds is 5. The summed E-state index contributed by atoms with van der Waals surface area (Å²) in [5.74, 6) is 0.632. The average molecular weight is 323 g/mol. The first kappa shape index (κ1) is 15.2. The summed E-state index contributed by atoms with van der Waals surface area (Å²) in [4.78, 5) is -0.365. The van der Waals surface area contributed by atoms with Gasteiger partial charge in [-0.05, 0) is 36.4 Å². The number of sulfone groups is 1. The molecule has 7 heteroatoms. The van der Waals surface area contributed by atoms with E-state index in [0.717, 1.165) is 6.20 Å². The van der Waals surface area contributed by atoms with Crippen molar-refractivity contribution in [1.82, 2.24) is 5.32 Å². The average Bonchev–Trinajstić information content (AvgIpc) is 2.97. The van der Waals surface area contributed by atoms with Crippen molar-refractivity contribution in [3.63, 3.8) is 0 Å². The molecule has 0 aliphatic carbocycles. The minimum atomic E-state index is -3.86. The first-order valence-corrected chi connectivity index (χ1v) is 7.77. The molecule has 0 spiro atoms. The van der Waals surface area contributed by atoms with Crippen LogP contribution in [0.25, 0.3) is 0 Å². The van der Waals surface area contributed by atoms with Crippen molar-refractivity contribution in [2.24, 2.45) is 0 Å². The topological polar surface area (TPSA) is 83.1 Å². The molecule has 1 heterocycles. The number of halogens is 1. The Morgan fingerprint density at radius 1 is 1.33 bits per heavy atom. The van der Waals surface area contributed by atoms with E-state index in [1.165, 1.54) is 30.5 Å². The summed E-state index contributed by atoms with van der Waals surface area (Å²) in [5.41, 5.74) is 0. The van der Waals surface area contributed by atoms with Crippen molar-refractivity contribution in [3.8, 4) is 6.07 Å². The first-order chi connectivity index (χ1) is 10.0. The second-order valence-corrected chi connectivity index (χ2v) is 6.39. The van der Waals surface area contributed by atoms with Crippen LogP contribution in [-0.4, -0.2) is 8.42 Å². The maximum atomic E-state index is 12.3. The summed E-state index contributed by atoms with van der Waals surface area (Å²) in [6.45, 7) is 0.286. The molecule has 0 amide bonds. The third-order valence-corrected chi connectivity index (χ3v) is 4.55. The highest BCUT2D eigenvalue weighted by Crippen LogP contribution is 2.20. The van der Waals surface area contributed by atoms with E-state index in [4.69, 9.17) is 21.3 Å². The lowest BCUT2D eigenvalue weighted by atomic mass is 10.4. The maximum Gasteiger partial charge on any atom is 0.218 e. The van der Waals surface area contributed by atoms with Gasteiger partial charge in [-0.25, -0.2) is 8.42 Å². The molecule has 1 N–H and O–H groups in total. The number of allylic oxidation sites excluding steroid dienone is 1. The summed E-state index contributed by atoms with van der Waals surface area (Å²) in [6, 6.07) is 10.8. The lowest BCUT2D eigenvalue weighted by Gasteiger charge is -2.04. The smallest absolute Gasteiger partial charge is 0.218 e. The first-order valence-electron chi connectivity index (χ1n) is 5.91. The number of nitrogens with one attached hydrogen (secondary N) is 1. The Hall–Kier alpha value is -2.23. The molecular formula is C14H11ClN2O3S. The van der Waals surface area contributed by atoms with Crippen molar-refractivity contribution in [1.29, 1.82) is 5.26 Å².